The number of nitrogens with one attached hydrogen (secondary N) is 1. The van der Waals surface area contributed by atoms with E-state index in [9.17, 15) is 4.79 Å². The molecule has 7 heteroatoms. The van der Waals surface area contributed by atoms with Crippen LogP contribution in [0.25, 0.3) is 5.69 Å². The second-order valence-electron chi connectivity index (χ2n) is 6.94. The van der Waals surface area contributed by atoms with Gasteiger partial charge in [-0.15, -0.1) is 5.10 Å². The first kappa shape index (κ1) is 20.4. The molecule has 0 atom stereocenters. The van der Waals surface area contributed by atoms with E-state index < -0.39 is 0 Å². The highest BCUT2D eigenvalue weighted by atomic mass is 32.2. The van der Waals surface area contributed by atoms with Gasteiger partial charge in [-0.3, -0.25) is 4.79 Å². The van der Waals surface area contributed by atoms with Crippen LogP contribution in [0.2, 0.25) is 0 Å². The van der Waals surface area contributed by atoms with Crippen LogP contribution in [0.4, 0.5) is 0 Å². The molecule has 1 amide bonds. The van der Waals surface area contributed by atoms with Gasteiger partial charge in [-0.25, -0.2) is 0 Å². The minimum Gasteiger partial charge on any atom is -0.355 e. The Kier molecular flexibility index (Phi) is 8.61. The van der Waals surface area contributed by atoms with Crippen molar-refractivity contribution in [3.63, 3.8) is 0 Å². The van der Waals surface area contributed by atoms with Gasteiger partial charge in [-0.05, 0) is 41.8 Å². The number of amides is 1. The molecular weight excluding hydrogens is 346 g/mol. The summed E-state index contributed by atoms with van der Waals surface area (Å²) in [5.41, 5.74) is 2.07. The van der Waals surface area contributed by atoms with Gasteiger partial charge in [-0.1, -0.05) is 69.0 Å². The van der Waals surface area contributed by atoms with Gasteiger partial charge in [-0.2, -0.15) is 4.68 Å². The molecule has 0 fully saturated rings. The minimum absolute atomic E-state index is 0.0237. The average Bonchev–Trinajstić information content (AvgIpc) is 3.08. The van der Waals surface area contributed by atoms with Crippen LogP contribution in [-0.2, 0) is 4.79 Å². The molecular formula is C19H29N5OS. The number of benzene rings is 1. The fraction of sp³-hybridized carbons (Fsp3) is 0.579. The molecule has 2 aromatic rings. The Morgan fingerprint density at radius 2 is 1.88 bits per heavy atom. The highest BCUT2D eigenvalue weighted by Crippen LogP contribution is 2.18. The molecule has 1 aromatic carbocycles. The first-order valence-corrected chi connectivity index (χ1v) is 10.3. The number of thioether (sulfide) groups is 1. The van der Waals surface area contributed by atoms with Gasteiger partial charge in [0.2, 0.25) is 11.1 Å². The Bertz CT molecular complexity index is 669. The summed E-state index contributed by atoms with van der Waals surface area (Å²) in [6.45, 7) is 7.29. The zero-order valence-electron chi connectivity index (χ0n) is 15.9. The minimum atomic E-state index is 0.0237. The Balaban J connectivity index is 1.67. The molecule has 1 aromatic heterocycles. The summed E-state index contributed by atoms with van der Waals surface area (Å²) in [6.07, 6.45) is 6.03. The Morgan fingerprint density at radius 1 is 1.15 bits per heavy atom. The molecule has 0 unspecified atom stereocenters. The quantitative estimate of drug-likeness (QED) is 0.478. The number of aryl methyl sites for hydroxylation is 1. The van der Waals surface area contributed by atoms with Crippen molar-refractivity contribution in [2.24, 2.45) is 5.92 Å². The molecule has 0 spiro atoms. The Morgan fingerprint density at radius 3 is 2.62 bits per heavy atom. The van der Waals surface area contributed by atoms with E-state index in [-0.39, 0.29) is 5.91 Å². The second kappa shape index (κ2) is 11.0. The second-order valence-corrected chi connectivity index (χ2v) is 7.89. The van der Waals surface area contributed by atoms with Crippen LogP contribution in [0.5, 0.6) is 0 Å². The predicted octanol–water partition coefficient (Wildman–Crippen LogP) is 3.79. The molecule has 0 aliphatic rings. The molecule has 0 aliphatic heterocycles. The number of tetrazole rings is 1. The number of aromatic nitrogens is 4. The number of carbonyl (C=O) groups excluding carboxylic acids is 1. The van der Waals surface area contributed by atoms with E-state index in [0.717, 1.165) is 24.6 Å². The summed E-state index contributed by atoms with van der Waals surface area (Å²) >= 11 is 1.35. The highest BCUT2D eigenvalue weighted by molar-refractivity contribution is 7.99. The molecule has 1 N–H and O–H groups in total. The van der Waals surface area contributed by atoms with E-state index in [1.165, 1.54) is 43.0 Å². The number of nitrogens with zero attached hydrogens (tertiary/aromatic N) is 4. The first-order chi connectivity index (χ1) is 12.6. The molecule has 1 heterocycles. The maximum absolute atomic E-state index is 12.0. The zero-order valence-corrected chi connectivity index (χ0v) is 16.8. The largest absolute Gasteiger partial charge is 0.355 e. The van der Waals surface area contributed by atoms with Crippen molar-refractivity contribution >= 4 is 17.7 Å². The Hall–Kier alpha value is -1.89. The van der Waals surface area contributed by atoms with Gasteiger partial charge >= 0.3 is 0 Å². The standard InChI is InChI=1S/C19H29N5OS/c1-15(2)8-6-4-5-7-13-20-18(25)14-26-19-21-22-23-24(19)17-11-9-16(3)10-12-17/h9-12,15H,4-8,13-14H2,1-3H3,(H,20,25). The molecule has 6 nitrogen and oxygen atoms in total. The zero-order chi connectivity index (χ0) is 18.8. The van der Waals surface area contributed by atoms with Gasteiger partial charge < -0.3 is 5.32 Å². The van der Waals surface area contributed by atoms with Crippen molar-refractivity contribution in [1.82, 2.24) is 25.5 Å². The maximum atomic E-state index is 12.0. The third-order valence-electron chi connectivity index (χ3n) is 4.08. The van der Waals surface area contributed by atoms with E-state index in [2.05, 4.69) is 34.7 Å². The summed E-state index contributed by atoms with van der Waals surface area (Å²) in [5.74, 6) is 1.12. The van der Waals surface area contributed by atoms with E-state index in [0.29, 0.717) is 10.9 Å². The SMILES string of the molecule is Cc1ccc(-n2nnnc2SCC(=O)NCCCCCCC(C)C)cc1. The fourth-order valence-electron chi connectivity index (χ4n) is 2.56. The first-order valence-electron chi connectivity index (χ1n) is 9.31. The molecule has 0 saturated heterocycles. The number of rotatable bonds is 11. The lowest BCUT2D eigenvalue weighted by atomic mass is 10.0. The summed E-state index contributed by atoms with van der Waals surface area (Å²) in [6, 6.07) is 7.96. The van der Waals surface area contributed by atoms with Crippen molar-refractivity contribution in [2.75, 3.05) is 12.3 Å². The van der Waals surface area contributed by atoms with Crippen molar-refractivity contribution in [1.29, 1.82) is 0 Å². The molecule has 0 aliphatic carbocycles. The summed E-state index contributed by atoms with van der Waals surface area (Å²) in [7, 11) is 0. The molecule has 0 bridgehead atoms. The molecule has 142 valence electrons. The van der Waals surface area contributed by atoms with E-state index >= 15 is 0 Å². The van der Waals surface area contributed by atoms with E-state index in [4.69, 9.17) is 0 Å². The van der Waals surface area contributed by atoms with Crippen molar-refractivity contribution < 1.29 is 4.79 Å². The Labute approximate surface area is 160 Å². The third-order valence-corrected chi connectivity index (χ3v) is 5.00. The van der Waals surface area contributed by atoms with Crippen molar-refractivity contribution in [2.45, 2.75) is 58.0 Å². The van der Waals surface area contributed by atoms with Crippen LogP contribution < -0.4 is 5.32 Å². The van der Waals surface area contributed by atoms with Crippen LogP contribution in [0.1, 0.15) is 51.5 Å². The maximum Gasteiger partial charge on any atom is 0.230 e. The predicted molar refractivity (Wildman–Crippen MR) is 106 cm³/mol. The lowest BCUT2D eigenvalue weighted by Gasteiger charge is -2.07. The van der Waals surface area contributed by atoms with Crippen LogP contribution in [-0.4, -0.2) is 38.4 Å². The molecule has 26 heavy (non-hydrogen) atoms. The molecule has 0 saturated carbocycles. The molecule has 2 rings (SSSR count). The van der Waals surface area contributed by atoms with E-state index in [1.807, 2.05) is 31.2 Å². The fourth-order valence-corrected chi connectivity index (χ4v) is 3.28. The summed E-state index contributed by atoms with van der Waals surface area (Å²) in [5, 5.41) is 15.4. The van der Waals surface area contributed by atoms with E-state index in [1.54, 1.807) is 4.68 Å². The average molecular weight is 376 g/mol. The smallest absolute Gasteiger partial charge is 0.230 e. The topological polar surface area (TPSA) is 72.7 Å². The van der Waals surface area contributed by atoms with Crippen molar-refractivity contribution in [3.8, 4) is 5.69 Å². The number of carbonyl (C=O) groups is 1. The normalized spacial score (nSPS) is 11.1. The number of hydrogen-bond acceptors (Lipinski definition) is 5. The van der Waals surface area contributed by atoms with Crippen molar-refractivity contribution in [3.05, 3.63) is 29.8 Å². The number of hydrogen-bond donors (Lipinski definition) is 1. The monoisotopic (exact) mass is 375 g/mol. The van der Waals surface area contributed by atoms with Crippen LogP contribution in [0, 0.1) is 12.8 Å². The number of unbranched alkanes of at least 4 members (excludes halogenated alkanes) is 3. The van der Waals surface area contributed by atoms with Gasteiger partial charge in [0.15, 0.2) is 0 Å². The lowest BCUT2D eigenvalue weighted by Crippen LogP contribution is -2.26. The molecule has 0 radical (unpaired) electrons. The lowest BCUT2D eigenvalue weighted by molar-refractivity contribution is -0.118. The van der Waals surface area contributed by atoms with Gasteiger partial charge in [0.05, 0.1) is 11.4 Å². The van der Waals surface area contributed by atoms with Crippen LogP contribution >= 0.6 is 11.8 Å². The summed E-state index contributed by atoms with van der Waals surface area (Å²) in [4.78, 5) is 12.0. The summed E-state index contributed by atoms with van der Waals surface area (Å²) < 4.78 is 1.66. The third kappa shape index (κ3) is 7.15. The van der Waals surface area contributed by atoms with Gasteiger partial charge in [0.25, 0.3) is 0 Å². The highest BCUT2D eigenvalue weighted by Gasteiger charge is 2.11. The van der Waals surface area contributed by atoms with Gasteiger partial charge in [0, 0.05) is 6.54 Å². The van der Waals surface area contributed by atoms with Crippen LogP contribution in [0.15, 0.2) is 29.4 Å². The van der Waals surface area contributed by atoms with Crippen LogP contribution in [0.3, 0.4) is 0 Å². The van der Waals surface area contributed by atoms with Gasteiger partial charge in [0.1, 0.15) is 0 Å².